The zero-order valence-electron chi connectivity index (χ0n) is 12.3. The predicted molar refractivity (Wildman–Crippen MR) is 81.1 cm³/mol. The second-order valence-corrected chi connectivity index (χ2v) is 5.42. The van der Waals surface area contributed by atoms with Crippen molar-refractivity contribution >= 4 is 11.0 Å². The van der Waals surface area contributed by atoms with Crippen LogP contribution in [0.3, 0.4) is 0 Å². The van der Waals surface area contributed by atoms with Crippen molar-refractivity contribution in [3.63, 3.8) is 0 Å². The van der Waals surface area contributed by atoms with Gasteiger partial charge in [0, 0.05) is 5.56 Å². The van der Waals surface area contributed by atoms with Gasteiger partial charge in [0.05, 0.1) is 22.8 Å². The van der Waals surface area contributed by atoms with Crippen LogP contribution < -0.4 is 0 Å². The van der Waals surface area contributed by atoms with E-state index >= 15 is 0 Å². The molecule has 21 heavy (non-hydrogen) atoms. The average molecular weight is 284 g/mol. The standard InChI is InChI=1S/C17H17FN2O/c1-10-6-15-17(7-11(10)2)20(9-19-15)16-5-4-13(18)8-14(16)12(3)21/h4-9,12,21H,1-3H3/t12-/m1/s1. The molecule has 3 nitrogen and oxygen atoms in total. The second kappa shape index (κ2) is 4.97. The molecule has 0 radical (unpaired) electrons. The minimum Gasteiger partial charge on any atom is -0.389 e. The highest BCUT2D eigenvalue weighted by Gasteiger charge is 2.14. The summed E-state index contributed by atoms with van der Waals surface area (Å²) in [5, 5.41) is 9.90. The SMILES string of the molecule is Cc1cc2ncn(-c3ccc(F)cc3[C@@H](C)O)c2cc1C. The number of benzene rings is 2. The van der Waals surface area contributed by atoms with Crippen molar-refractivity contribution in [2.24, 2.45) is 0 Å². The first-order valence-corrected chi connectivity index (χ1v) is 6.89. The fraction of sp³-hybridized carbons (Fsp3) is 0.235. The van der Waals surface area contributed by atoms with Crippen molar-refractivity contribution in [3.05, 3.63) is 59.2 Å². The third-order valence-corrected chi connectivity index (χ3v) is 3.86. The number of imidazole rings is 1. The minimum atomic E-state index is -0.750. The van der Waals surface area contributed by atoms with Crippen molar-refractivity contribution in [2.75, 3.05) is 0 Å². The van der Waals surface area contributed by atoms with Crippen molar-refractivity contribution < 1.29 is 9.50 Å². The Hall–Kier alpha value is -2.20. The van der Waals surface area contributed by atoms with Gasteiger partial charge in [-0.15, -0.1) is 0 Å². The molecule has 0 aliphatic rings. The maximum atomic E-state index is 13.4. The Balaban J connectivity index is 2.28. The van der Waals surface area contributed by atoms with E-state index in [-0.39, 0.29) is 5.82 Å². The predicted octanol–water partition coefficient (Wildman–Crippen LogP) is 3.83. The van der Waals surface area contributed by atoms with Crippen molar-refractivity contribution in [3.8, 4) is 5.69 Å². The zero-order chi connectivity index (χ0) is 15.1. The summed E-state index contributed by atoms with van der Waals surface area (Å²) in [6, 6.07) is 8.54. The number of aromatic nitrogens is 2. The summed E-state index contributed by atoms with van der Waals surface area (Å²) in [5.74, 6) is -0.355. The zero-order valence-corrected chi connectivity index (χ0v) is 12.3. The van der Waals surface area contributed by atoms with Gasteiger partial charge in [0.1, 0.15) is 12.1 Å². The minimum absolute atomic E-state index is 0.355. The highest BCUT2D eigenvalue weighted by molar-refractivity contribution is 5.79. The summed E-state index contributed by atoms with van der Waals surface area (Å²) in [4.78, 5) is 4.41. The lowest BCUT2D eigenvalue weighted by molar-refractivity contribution is 0.198. The molecule has 0 aliphatic heterocycles. The van der Waals surface area contributed by atoms with Gasteiger partial charge in [-0.3, -0.25) is 4.57 Å². The molecule has 3 rings (SSSR count). The fourth-order valence-electron chi connectivity index (χ4n) is 2.54. The molecular weight excluding hydrogens is 267 g/mol. The van der Waals surface area contributed by atoms with Crippen LogP contribution in [0.1, 0.15) is 29.7 Å². The second-order valence-electron chi connectivity index (χ2n) is 5.42. The molecule has 0 fully saturated rings. The lowest BCUT2D eigenvalue weighted by atomic mass is 10.1. The van der Waals surface area contributed by atoms with E-state index in [1.807, 2.05) is 24.5 Å². The van der Waals surface area contributed by atoms with Gasteiger partial charge in [0.15, 0.2) is 0 Å². The van der Waals surface area contributed by atoms with Crippen LogP contribution in [0.2, 0.25) is 0 Å². The summed E-state index contributed by atoms with van der Waals surface area (Å²) in [6.07, 6.45) is 0.961. The molecular formula is C17H17FN2O. The molecule has 108 valence electrons. The number of rotatable bonds is 2. The topological polar surface area (TPSA) is 38.0 Å². The lowest BCUT2D eigenvalue weighted by Gasteiger charge is -2.14. The van der Waals surface area contributed by atoms with Crippen molar-refractivity contribution in [2.45, 2.75) is 26.9 Å². The average Bonchev–Trinajstić information content (AvgIpc) is 2.82. The van der Waals surface area contributed by atoms with E-state index in [1.165, 1.54) is 23.3 Å². The molecule has 1 N–H and O–H groups in total. The van der Waals surface area contributed by atoms with Gasteiger partial charge in [-0.25, -0.2) is 9.37 Å². The maximum absolute atomic E-state index is 13.4. The Labute approximate surface area is 122 Å². The van der Waals surface area contributed by atoms with E-state index in [0.717, 1.165) is 16.7 Å². The normalized spacial score (nSPS) is 12.8. The molecule has 1 aromatic heterocycles. The highest BCUT2D eigenvalue weighted by atomic mass is 19.1. The van der Waals surface area contributed by atoms with Gasteiger partial charge in [0.25, 0.3) is 0 Å². The number of hydrogen-bond acceptors (Lipinski definition) is 2. The lowest BCUT2D eigenvalue weighted by Crippen LogP contribution is -2.02. The van der Waals surface area contributed by atoms with Gasteiger partial charge < -0.3 is 5.11 Å². The van der Waals surface area contributed by atoms with Gasteiger partial charge in [-0.1, -0.05) is 0 Å². The largest absolute Gasteiger partial charge is 0.389 e. The molecule has 0 saturated heterocycles. The molecule has 0 spiro atoms. The van der Waals surface area contributed by atoms with Crippen LogP contribution in [-0.4, -0.2) is 14.7 Å². The Morgan fingerprint density at radius 1 is 1.14 bits per heavy atom. The van der Waals surface area contributed by atoms with Gasteiger partial charge in [0.2, 0.25) is 0 Å². The highest BCUT2D eigenvalue weighted by Crippen LogP contribution is 2.27. The van der Waals surface area contributed by atoms with Gasteiger partial charge >= 0.3 is 0 Å². The summed E-state index contributed by atoms with van der Waals surface area (Å²) in [7, 11) is 0. The summed E-state index contributed by atoms with van der Waals surface area (Å²) >= 11 is 0. The van der Waals surface area contributed by atoms with E-state index in [9.17, 15) is 9.50 Å². The molecule has 0 aliphatic carbocycles. The first kappa shape index (κ1) is 13.8. The molecule has 0 bridgehead atoms. The van der Waals surface area contributed by atoms with Crippen LogP contribution in [0, 0.1) is 19.7 Å². The third kappa shape index (κ3) is 2.32. The van der Waals surface area contributed by atoms with E-state index in [2.05, 4.69) is 11.1 Å². The first-order valence-electron chi connectivity index (χ1n) is 6.89. The van der Waals surface area contributed by atoms with E-state index < -0.39 is 6.10 Å². The molecule has 4 heteroatoms. The van der Waals surface area contributed by atoms with Gasteiger partial charge in [-0.05, 0) is 62.2 Å². The molecule has 2 aromatic carbocycles. The Morgan fingerprint density at radius 2 is 1.86 bits per heavy atom. The molecule has 3 aromatic rings. The number of hydrogen-bond donors (Lipinski definition) is 1. The maximum Gasteiger partial charge on any atom is 0.123 e. The van der Waals surface area contributed by atoms with Crippen molar-refractivity contribution in [1.82, 2.24) is 9.55 Å². The molecule has 0 unspecified atom stereocenters. The summed E-state index contributed by atoms with van der Waals surface area (Å²) in [5.41, 5.74) is 5.49. The first-order chi connectivity index (χ1) is 9.97. The Bertz CT molecular complexity index is 821. The van der Waals surface area contributed by atoms with E-state index in [1.54, 1.807) is 19.3 Å². The molecule has 0 amide bonds. The Kier molecular flexibility index (Phi) is 3.26. The van der Waals surface area contributed by atoms with Crippen LogP contribution in [0.4, 0.5) is 4.39 Å². The molecule has 1 heterocycles. The van der Waals surface area contributed by atoms with E-state index in [4.69, 9.17) is 0 Å². The fourth-order valence-corrected chi connectivity index (χ4v) is 2.54. The molecule has 0 saturated carbocycles. The third-order valence-electron chi connectivity index (χ3n) is 3.86. The Morgan fingerprint density at radius 3 is 2.57 bits per heavy atom. The van der Waals surface area contributed by atoms with Crippen LogP contribution in [0.15, 0.2) is 36.7 Å². The van der Waals surface area contributed by atoms with Gasteiger partial charge in [-0.2, -0.15) is 0 Å². The smallest absolute Gasteiger partial charge is 0.123 e. The summed E-state index contributed by atoms with van der Waals surface area (Å²) in [6.45, 7) is 5.73. The number of aryl methyl sites for hydroxylation is 2. The van der Waals surface area contributed by atoms with Crippen LogP contribution >= 0.6 is 0 Å². The number of aliphatic hydroxyl groups is 1. The monoisotopic (exact) mass is 284 g/mol. The summed E-state index contributed by atoms with van der Waals surface area (Å²) < 4.78 is 15.3. The van der Waals surface area contributed by atoms with E-state index in [0.29, 0.717) is 5.56 Å². The van der Waals surface area contributed by atoms with Crippen LogP contribution in [-0.2, 0) is 0 Å². The van der Waals surface area contributed by atoms with Crippen molar-refractivity contribution in [1.29, 1.82) is 0 Å². The number of halogens is 1. The van der Waals surface area contributed by atoms with Crippen LogP contribution in [0.25, 0.3) is 16.7 Å². The molecule has 1 atom stereocenters. The van der Waals surface area contributed by atoms with Crippen LogP contribution in [0.5, 0.6) is 0 Å². The quantitative estimate of drug-likeness (QED) is 0.776. The number of aliphatic hydroxyl groups excluding tert-OH is 1. The number of fused-ring (bicyclic) bond motifs is 1. The number of nitrogens with zero attached hydrogens (tertiary/aromatic N) is 2.